The Morgan fingerprint density at radius 2 is 2.06 bits per heavy atom. The number of rotatable bonds is 6. The molecule has 1 aromatic rings. The molecule has 6 heteroatoms. The highest BCUT2D eigenvalue weighted by Gasteiger charge is 2.17. The normalized spacial score (nSPS) is 10.4. The zero-order chi connectivity index (χ0) is 13.5. The number of hydrogen-bond acceptors (Lipinski definition) is 5. The van der Waals surface area contributed by atoms with Crippen molar-refractivity contribution in [2.75, 3.05) is 11.9 Å². The minimum atomic E-state index is -0.461. The Bertz CT molecular complexity index is 413. The molecule has 1 N–H and O–H groups in total. The van der Waals surface area contributed by atoms with Crippen molar-refractivity contribution >= 4 is 28.3 Å². The minimum absolute atomic E-state index is 0.0139. The number of nitrogens with one attached hydrogen (secondary N) is 1. The zero-order valence-corrected chi connectivity index (χ0v) is 11.7. The van der Waals surface area contributed by atoms with Crippen molar-refractivity contribution in [1.29, 1.82) is 0 Å². The number of ether oxygens (including phenoxy) is 1. The summed E-state index contributed by atoms with van der Waals surface area (Å²) in [5, 5.41) is 4.75. The molecule has 0 bridgehead atoms. The predicted octanol–water partition coefficient (Wildman–Crippen LogP) is 2.69. The quantitative estimate of drug-likeness (QED) is 0.807. The summed E-state index contributed by atoms with van der Waals surface area (Å²) in [6.07, 6.45) is 1.58. The highest BCUT2D eigenvalue weighted by atomic mass is 32.1. The molecule has 0 saturated heterocycles. The molecular formula is C12H18N2O3S. The molecule has 1 amide bonds. The van der Waals surface area contributed by atoms with Gasteiger partial charge in [0.2, 0.25) is 5.91 Å². The number of esters is 1. The van der Waals surface area contributed by atoms with Gasteiger partial charge in [0, 0.05) is 11.3 Å². The average Bonchev–Trinajstić information content (AvgIpc) is 2.79. The first-order chi connectivity index (χ1) is 8.62. The van der Waals surface area contributed by atoms with E-state index in [0.717, 1.165) is 12.8 Å². The Morgan fingerprint density at radius 1 is 1.39 bits per heavy atom. The van der Waals surface area contributed by atoms with Crippen molar-refractivity contribution < 1.29 is 14.3 Å². The second kappa shape index (κ2) is 7.10. The lowest BCUT2D eigenvalue weighted by atomic mass is 10.0. The van der Waals surface area contributed by atoms with E-state index in [2.05, 4.69) is 10.3 Å². The maximum absolute atomic E-state index is 11.8. The Morgan fingerprint density at radius 3 is 2.61 bits per heavy atom. The Balaban J connectivity index is 2.64. The lowest BCUT2D eigenvalue weighted by Crippen LogP contribution is -2.21. The lowest BCUT2D eigenvalue weighted by Gasteiger charge is -2.10. The maximum atomic E-state index is 11.8. The fourth-order valence-corrected chi connectivity index (χ4v) is 2.18. The molecular weight excluding hydrogens is 252 g/mol. The van der Waals surface area contributed by atoms with E-state index >= 15 is 0 Å². The van der Waals surface area contributed by atoms with Crippen molar-refractivity contribution in [2.24, 2.45) is 5.92 Å². The van der Waals surface area contributed by atoms with E-state index in [0.29, 0.717) is 11.7 Å². The summed E-state index contributed by atoms with van der Waals surface area (Å²) in [6, 6.07) is 0. The van der Waals surface area contributed by atoms with Crippen LogP contribution in [0.2, 0.25) is 0 Å². The first-order valence-electron chi connectivity index (χ1n) is 6.05. The summed E-state index contributed by atoms with van der Waals surface area (Å²) in [5.41, 5.74) is 0.238. The van der Waals surface area contributed by atoms with Crippen molar-refractivity contribution in [2.45, 2.75) is 33.6 Å². The van der Waals surface area contributed by atoms with Gasteiger partial charge in [-0.05, 0) is 19.8 Å². The van der Waals surface area contributed by atoms with Gasteiger partial charge in [0.25, 0.3) is 0 Å². The molecule has 100 valence electrons. The molecule has 1 aromatic heterocycles. The summed E-state index contributed by atoms with van der Waals surface area (Å²) in [7, 11) is 0. The number of aromatic nitrogens is 1. The van der Waals surface area contributed by atoms with Crippen LogP contribution in [-0.4, -0.2) is 23.5 Å². The van der Waals surface area contributed by atoms with Gasteiger partial charge in [-0.3, -0.25) is 4.79 Å². The molecule has 5 nitrogen and oxygen atoms in total. The van der Waals surface area contributed by atoms with Crippen molar-refractivity contribution in [3.05, 3.63) is 11.1 Å². The van der Waals surface area contributed by atoms with E-state index in [1.165, 1.54) is 11.3 Å². The topological polar surface area (TPSA) is 68.3 Å². The molecule has 1 heterocycles. The van der Waals surface area contributed by atoms with E-state index < -0.39 is 5.97 Å². The lowest BCUT2D eigenvalue weighted by molar-refractivity contribution is -0.120. The Labute approximate surface area is 111 Å². The summed E-state index contributed by atoms with van der Waals surface area (Å²) in [5.74, 6) is -0.526. The number of carbonyl (C=O) groups is 2. The summed E-state index contributed by atoms with van der Waals surface area (Å²) in [4.78, 5) is 27.2. The number of amides is 1. The first-order valence-corrected chi connectivity index (χ1v) is 6.93. The van der Waals surface area contributed by atoms with Crippen LogP contribution in [0.3, 0.4) is 0 Å². The van der Waals surface area contributed by atoms with Gasteiger partial charge in [0.1, 0.15) is 0 Å². The molecule has 0 saturated carbocycles. The van der Waals surface area contributed by atoms with Crippen LogP contribution in [0.4, 0.5) is 5.13 Å². The fraction of sp³-hybridized carbons (Fsp3) is 0.583. The molecule has 0 radical (unpaired) electrons. The third-order valence-corrected chi connectivity index (χ3v) is 3.33. The van der Waals surface area contributed by atoms with E-state index in [1.807, 2.05) is 13.8 Å². The van der Waals surface area contributed by atoms with E-state index in [1.54, 1.807) is 12.3 Å². The molecule has 0 unspecified atom stereocenters. The Kier molecular flexibility index (Phi) is 5.77. The number of anilines is 1. The van der Waals surface area contributed by atoms with Gasteiger partial charge in [-0.1, -0.05) is 13.8 Å². The zero-order valence-electron chi connectivity index (χ0n) is 10.9. The second-order valence-corrected chi connectivity index (χ2v) is 4.62. The third-order valence-electron chi connectivity index (χ3n) is 2.58. The third kappa shape index (κ3) is 3.80. The highest BCUT2D eigenvalue weighted by Crippen LogP contribution is 2.18. The largest absolute Gasteiger partial charge is 0.461 e. The smallest absolute Gasteiger partial charge is 0.357 e. The highest BCUT2D eigenvalue weighted by molar-refractivity contribution is 7.14. The standard InChI is InChI=1S/C12H18N2O3S/c1-4-8(5-2)10(15)14-12-13-9(7-18-12)11(16)17-6-3/h7-8H,4-6H2,1-3H3,(H,13,14,15). The average molecular weight is 270 g/mol. The molecule has 0 fully saturated rings. The van der Waals surface area contributed by atoms with Gasteiger partial charge < -0.3 is 10.1 Å². The van der Waals surface area contributed by atoms with Crippen molar-refractivity contribution in [3.63, 3.8) is 0 Å². The number of nitrogens with zero attached hydrogens (tertiary/aromatic N) is 1. The van der Waals surface area contributed by atoms with E-state index in [-0.39, 0.29) is 17.5 Å². The molecule has 0 aromatic carbocycles. The maximum Gasteiger partial charge on any atom is 0.357 e. The monoisotopic (exact) mass is 270 g/mol. The minimum Gasteiger partial charge on any atom is -0.461 e. The van der Waals surface area contributed by atoms with Crippen LogP contribution in [-0.2, 0) is 9.53 Å². The summed E-state index contributed by atoms with van der Waals surface area (Å²) < 4.78 is 4.83. The van der Waals surface area contributed by atoms with Gasteiger partial charge in [-0.25, -0.2) is 9.78 Å². The molecule has 0 spiro atoms. The van der Waals surface area contributed by atoms with Crippen LogP contribution in [0.15, 0.2) is 5.38 Å². The molecule has 18 heavy (non-hydrogen) atoms. The molecule has 0 atom stereocenters. The van der Waals surface area contributed by atoms with E-state index in [9.17, 15) is 9.59 Å². The van der Waals surface area contributed by atoms with Crippen molar-refractivity contribution in [3.8, 4) is 0 Å². The summed E-state index contributed by atoms with van der Waals surface area (Å²) >= 11 is 1.23. The Hall–Kier alpha value is -1.43. The van der Waals surface area contributed by atoms with Crippen LogP contribution in [0.1, 0.15) is 44.1 Å². The molecule has 0 aliphatic heterocycles. The van der Waals surface area contributed by atoms with Gasteiger partial charge in [-0.2, -0.15) is 0 Å². The first kappa shape index (κ1) is 14.6. The van der Waals surface area contributed by atoms with Crippen LogP contribution in [0.5, 0.6) is 0 Å². The second-order valence-electron chi connectivity index (χ2n) is 3.76. The summed E-state index contributed by atoms with van der Waals surface area (Å²) in [6.45, 7) is 5.99. The van der Waals surface area contributed by atoms with Gasteiger partial charge >= 0.3 is 5.97 Å². The van der Waals surface area contributed by atoms with Crippen LogP contribution in [0, 0.1) is 5.92 Å². The SMILES string of the molecule is CCOC(=O)c1csc(NC(=O)C(CC)CC)n1. The van der Waals surface area contributed by atoms with E-state index in [4.69, 9.17) is 4.74 Å². The number of carbonyl (C=O) groups excluding carboxylic acids is 2. The van der Waals surface area contributed by atoms with Gasteiger partial charge in [0.15, 0.2) is 10.8 Å². The van der Waals surface area contributed by atoms with Crippen LogP contribution >= 0.6 is 11.3 Å². The van der Waals surface area contributed by atoms with Gasteiger partial charge in [0.05, 0.1) is 6.61 Å². The fourth-order valence-electron chi connectivity index (χ4n) is 1.50. The number of thiazole rings is 1. The van der Waals surface area contributed by atoms with Crippen LogP contribution < -0.4 is 5.32 Å². The molecule has 0 aliphatic carbocycles. The van der Waals surface area contributed by atoms with Crippen molar-refractivity contribution in [1.82, 2.24) is 4.98 Å². The molecule has 1 rings (SSSR count). The number of hydrogen-bond donors (Lipinski definition) is 1. The molecule has 0 aliphatic rings. The van der Waals surface area contributed by atoms with Gasteiger partial charge in [-0.15, -0.1) is 11.3 Å². The predicted molar refractivity (Wildman–Crippen MR) is 70.8 cm³/mol. The van der Waals surface area contributed by atoms with Crippen LogP contribution in [0.25, 0.3) is 0 Å².